The van der Waals surface area contributed by atoms with Crippen molar-refractivity contribution in [2.75, 3.05) is 26.4 Å². The second-order valence-electron chi connectivity index (χ2n) is 38.0. The van der Waals surface area contributed by atoms with Crippen LogP contribution in [-0.2, 0) is 41.8 Å². The molecule has 7 aliphatic rings. The van der Waals surface area contributed by atoms with Crippen molar-refractivity contribution >= 4 is 52.8 Å². The first-order valence-electron chi connectivity index (χ1n) is 40.6. The number of aliphatic hydroxyl groups excluding tert-OH is 3. The number of esters is 2. The number of carbonyl (C=O) groups is 2. The molecule has 604 valence electrons. The minimum atomic E-state index is -2.10. The summed E-state index contributed by atoms with van der Waals surface area (Å²) >= 11 is 3.61. The van der Waals surface area contributed by atoms with E-state index in [0.29, 0.717) is 96.7 Å². The number of allylic oxidation sites excluding steroid dienone is 4. The molecule has 0 amide bonds. The zero-order valence-corrected chi connectivity index (χ0v) is 75.6. The fourth-order valence-electron chi connectivity index (χ4n) is 17.6. The maximum atomic E-state index is 12.4. The molecule has 5 saturated carbocycles. The van der Waals surface area contributed by atoms with Gasteiger partial charge in [0.25, 0.3) is 0 Å². The normalized spacial score (nSPS) is 30.7. The molecule has 0 aromatic rings. The highest BCUT2D eigenvalue weighted by atomic mass is 79.9. The lowest BCUT2D eigenvalue weighted by Crippen LogP contribution is -2.53. The van der Waals surface area contributed by atoms with E-state index in [-0.39, 0.29) is 86.1 Å². The number of terminal acetylenes is 1. The zero-order chi connectivity index (χ0) is 79.1. The molecule has 0 spiro atoms. The van der Waals surface area contributed by atoms with Crippen LogP contribution in [-0.4, -0.2) is 127 Å². The van der Waals surface area contributed by atoms with Gasteiger partial charge in [0.1, 0.15) is 30.5 Å². The molecule has 12 nitrogen and oxygen atoms in total. The van der Waals surface area contributed by atoms with Crippen molar-refractivity contribution in [2.24, 2.45) is 70.0 Å². The summed E-state index contributed by atoms with van der Waals surface area (Å²) in [6.45, 7) is 74.4. The Morgan fingerprint density at radius 2 is 1.11 bits per heavy atom. The van der Waals surface area contributed by atoms with Crippen molar-refractivity contribution in [2.45, 2.75) is 350 Å². The number of fused-ring (bicyclic) bond motifs is 2. The van der Waals surface area contributed by atoms with E-state index < -0.39 is 43.3 Å². The summed E-state index contributed by atoms with van der Waals surface area (Å²) in [4.78, 5) is 26.7. The van der Waals surface area contributed by atoms with Crippen molar-refractivity contribution in [3.63, 3.8) is 0 Å². The quantitative estimate of drug-likeness (QED) is 0.0163. The third-order valence-electron chi connectivity index (χ3n) is 26.7. The van der Waals surface area contributed by atoms with Crippen LogP contribution < -0.4 is 0 Å². The van der Waals surface area contributed by atoms with Crippen LogP contribution in [0.15, 0.2) is 83.0 Å². The predicted molar refractivity (Wildman–Crippen MR) is 447 cm³/mol. The number of rotatable bonds is 29. The Labute approximate surface area is 652 Å². The Bertz CT molecular complexity index is 2940. The molecular formula is C88H154BrFO12Si3. The smallest absolute Gasteiger partial charge is 0.334 e. The van der Waals surface area contributed by atoms with E-state index in [1.54, 1.807) is 5.57 Å². The topological polar surface area (TPSA) is 159 Å². The molecular weight excluding hydrogens is 1430 g/mol. The lowest BCUT2D eigenvalue weighted by atomic mass is 9.60. The van der Waals surface area contributed by atoms with E-state index in [1.165, 1.54) is 56.9 Å². The molecule has 0 aromatic heterocycles. The van der Waals surface area contributed by atoms with E-state index in [0.717, 1.165) is 62.4 Å². The van der Waals surface area contributed by atoms with Gasteiger partial charge in [0.2, 0.25) is 0 Å². The maximum absolute atomic E-state index is 12.4. The first-order chi connectivity index (χ1) is 48.2. The van der Waals surface area contributed by atoms with E-state index in [4.69, 9.17) is 43.8 Å². The summed E-state index contributed by atoms with van der Waals surface area (Å²) in [5.74, 6) is 7.45. The number of aliphatic hydroxyl groups is 3. The van der Waals surface area contributed by atoms with E-state index in [9.17, 15) is 19.8 Å². The summed E-state index contributed by atoms with van der Waals surface area (Å²) in [6.07, 6.45) is 27.0. The van der Waals surface area contributed by atoms with Gasteiger partial charge < -0.3 is 47.5 Å². The molecule has 0 radical (unpaired) electrons. The fraction of sp³-hybridized carbons (Fsp3) is 0.795. The van der Waals surface area contributed by atoms with E-state index in [2.05, 4.69) is 222 Å². The lowest BCUT2D eigenvalue weighted by Gasteiger charge is -2.45. The van der Waals surface area contributed by atoms with Crippen LogP contribution in [0.5, 0.6) is 0 Å². The third-order valence-corrected chi connectivity index (χ3v) is 40.8. The molecule has 18 atom stereocenters. The highest BCUT2D eigenvalue weighted by Crippen LogP contribution is 2.62. The maximum Gasteiger partial charge on any atom is 0.334 e. The molecule has 2 aliphatic heterocycles. The first kappa shape index (κ1) is 96.6. The Hall–Kier alpha value is -2.58. The molecule has 0 unspecified atom stereocenters. The molecule has 2 saturated heterocycles. The van der Waals surface area contributed by atoms with Crippen LogP contribution in [0.1, 0.15) is 247 Å². The number of ether oxygens (including phenoxy) is 4. The predicted octanol–water partition coefficient (Wildman–Crippen LogP) is 22.3. The van der Waals surface area contributed by atoms with Gasteiger partial charge >= 0.3 is 11.9 Å². The molecule has 0 aromatic carbocycles. The summed E-state index contributed by atoms with van der Waals surface area (Å²) in [5, 5.41) is 30.8. The van der Waals surface area contributed by atoms with Crippen molar-refractivity contribution in [3.05, 3.63) is 83.0 Å². The summed E-state index contributed by atoms with van der Waals surface area (Å²) < 4.78 is 44.0. The van der Waals surface area contributed by atoms with Crippen molar-refractivity contribution < 1.29 is 61.8 Å². The first-order valence-corrected chi connectivity index (χ1v) is 50.3. The van der Waals surface area contributed by atoms with Gasteiger partial charge in [0.05, 0.1) is 18.3 Å². The molecule has 105 heavy (non-hydrogen) atoms. The Kier molecular flexibility index (Phi) is 38.0. The summed E-state index contributed by atoms with van der Waals surface area (Å²) in [7, 11) is -5.97. The highest BCUT2D eigenvalue weighted by Gasteiger charge is 2.55. The molecule has 17 heteroatoms. The largest absolute Gasteiger partial charge is 0.458 e. The second kappa shape index (κ2) is 41.3. The van der Waals surface area contributed by atoms with E-state index in [1.807, 2.05) is 19.9 Å². The summed E-state index contributed by atoms with van der Waals surface area (Å²) in [5.41, 5.74) is 6.54. The van der Waals surface area contributed by atoms with Crippen LogP contribution in [0, 0.1) is 82.4 Å². The number of carbonyl (C=O) groups excluding carboxylic acids is 2. The van der Waals surface area contributed by atoms with Crippen LogP contribution in [0.25, 0.3) is 0 Å². The molecule has 7 rings (SSSR count). The van der Waals surface area contributed by atoms with Crippen molar-refractivity contribution in [1.29, 1.82) is 0 Å². The van der Waals surface area contributed by atoms with Crippen LogP contribution in [0.3, 0.4) is 0 Å². The second-order valence-corrected chi connectivity index (χ2v) is 52.8. The van der Waals surface area contributed by atoms with Gasteiger partial charge in [-0.1, -0.05) is 197 Å². The van der Waals surface area contributed by atoms with Gasteiger partial charge in [-0.05, 0) is 231 Å². The Morgan fingerprint density at radius 3 is 1.54 bits per heavy atom. The van der Waals surface area contributed by atoms with Crippen LogP contribution in [0.2, 0.25) is 54.4 Å². The van der Waals surface area contributed by atoms with Gasteiger partial charge in [0.15, 0.2) is 25.0 Å². The third kappa shape index (κ3) is 25.0. The van der Waals surface area contributed by atoms with Crippen LogP contribution >= 0.6 is 15.9 Å². The van der Waals surface area contributed by atoms with Gasteiger partial charge in [0, 0.05) is 62.3 Å². The fourth-order valence-corrected chi connectivity index (χ4v) is 21.9. The van der Waals surface area contributed by atoms with Gasteiger partial charge in [-0.2, -0.15) is 0 Å². The molecule has 5 aliphatic carbocycles. The van der Waals surface area contributed by atoms with Gasteiger partial charge in [-0.25, -0.2) is 9.59 Å². The van der Waals surface area contributed by atoms with Crippen LogP contribution in [0.4, 0.5) is 4.70 Å². The molecule has 2 heterocycles. The number of hydrogen-bond acceptors (Lipinski definition) is 12. The van der Waals surface area contributed by atoms with Gasteiger partial charge in [-0.3, -0.25) is 4.70 Å². The SMILES string of the molecule is C#CC[C@@H](O[Si](C)(C)C(C)(C)C)[C@H](OCCCO[Si](C)(C)C(C)(C)C)[C@@H](C=C)O[Si](C)(C)C(C)(C)C.C=C1/C(=C\C=C2/CCC[C@]3(C)[C@@H]([C@H](C)C[C@@H]4OC(=O)C(=C)[C@H]4CC(C)C)CC[C@@H]23)C[C@@H](O)[C@H](OCCCO)[C@@H]1O.C=C1C(=O)O[C@@H](C[C@@H](C)[C@H]2CC[C@H]3/C(=C/Br)CCC[C@]23C)[C@@H]1CC(C)C.CC.F. The highest BCUT2D eigenvalue weighted by molar-refractivity contribution is 9.11. The number of halogens is 2. The average Bonchev–Trinajstić information content (AvgIpc) is 1.61. The average molecular weight is 1590 g/mol. The molecule has 3 N–H and O–H groups in total. The minimum Gasteiger partial charge on any atom is -0.458 e. The van der Waals surface area contributed by atoms with Crippen molar-refractivity contribution in [3.8, 4) is 12.3 Å². The standard InChI is InChI=1S/C34H52O6.C29H60O4Si3.C23H35BrO2.C2H6.FH/c1-20(2)17-26-23(5)33(38)40-30(26)18-21(3)27-12-13-28-24(9-7-14-34(27,28)6)10-11-25-19-29(36)32(31(37)22(25)4)39-16-8-15-35;1-18-21-25(33-36(16,17)29(9,10)11)26(24(19-2)32-35(14,15)28(6,7)8)30-22-20-23-31-34(12,13)27(3,4)5;1-14(2)11-18-16(4)22(25)26-21(18)12-15(3)19-8-9-20-17(13-24)7-6-10-23(19,20)5;1-2;/h10-11,20-21,26-32,35-37H,4-5,7-9,12-19H2,1-3,6H3;1,19,24-26H,2,20-23H2,3-17H3;13-15,18-21H,4,6-12H2,1-3,5H3;1-2H3;1H/b24-10+,25-11-;;17-13+;;/t21-,26-,27-,28+,29-,30+,31-,32+,34-;24-,25-,26-;15-,18-,19-,20+,21+,23-;;/m111../s1. The number of hydrogen-bond donors (Lipinski definition) is 3. The summed E-state index contributed by atoms with van der Waals surface area (Å²) in [6, 6.07) is 0. The molecule has 0 bridgehead atoms. The Morgan fingerprint density at radius 1 is 0.657 bits per heavy atom. The minimum absolute atomic E-state index is 0. The molecule has 7 fully saturated rings. The number of cyclic esters (lactones) is 2. The van der Waals surface area contributed by atoms with Crippen molar-refractivity contribution in [1.82, 2.24) is 0 Å². The zero-order valence-electron chi connectivity index (χ0n) is 71.0. The Balaban J connectivity index is 0.000000410. The monoisotopic (exact) mass is 1580 g/mol. The lowest BCUT2D eigenvalue weighted by molar-refractivity contribution is -0.141. The van der Waals surface area contributed by atoms with Gasteiger partial charge in [-0.15, -0.1) is 18.9 Å². The van der Waals surface area contributed by atoms with E-state index >= 15 is 0 Å².